The minimum absolute atomic E-state index is 0.181. The highest BCUT2D eigenvalue weighted by molar-refractivity contribution is 5.69. The number of nitrogens with zero attached hydrogens (tertiary/aromatic N) is 1. The monoisotopic (exact) mass is 325 g/mol. The zero-order valence-electron chi connectivity index (χ0n) is 14.0. The third-order valence-electron chi connectivity index (χ3n) is 4.29. The molecule has 1 unspecified atom stereocenters. The lowest BCUT2D eigenvalue weighted by Crippen LogP contribution is -2.15. The van der Waals surface area contributed by atoms with Crippen LogP contribution in [0.3, 0.4) is 0 Å². The Morgan fingerprint density at radius 2 is 2.12 bits per heavy atom. The lowest BCUT2D eigenvalue weighted by atomic mass is 9.95. The number of allylic oxidation sites excluding steroid dienone is 2. The summed E-state index contributed by atoms with van der Waals surface area (Å²) in [6.45, 7) is 2.56. The Morgan fingerprint density at radius 3 is 2.88 bits per heavy atom. The molecule has 0 saturated heterocycles. The van der Waals surface area contributed by atoms with Gasteiger partial charge in [-0.3, -0.25) is 4.79 Å². The van der Waals surface area contributed by atoms with Crippen LogP contribution in [0.2, 0.25) is 0 Å². The maximum Gasteiger partial charge on any atom is 0.306 e. The van der Waals surface area contributed by atoms with E-state index in [0.29, 0.717) is 31.3 Å². The predicted octanol–water partition coefficient (Wildman–Crippen LogP) is 4.48. The molecule has 0 aliphatic heterocycles. The molecule has 4 heteroatoms. The van der Waals surface area contributed by atoms with Crippen LogP contribution in [0, 0.1) is 12.8 Å². The SMILES string of the molecule is Cc1ccc(-c2cnc(CCC(=O)OCC3CC=CCC3)o2)cc1. The molecule has 1 heterocycles. The first kappa shape index (κ1) is 16.5. The molecule has 1 aliphatic rings. The van der Waals surface area contributed by atoms with Crippen molar-refractivity contribution in [1.29, 1.82) is 0 Å². The molecule has 0 N–H and O–H groups in total. The van der Waals surface area contributed by atoms with E-state index in [4.69, 9.17) is 9.15 Å². The van der Waals surface area contributed by atoms with Crippen LogP contribution in [0.1, 0.15) is 37.1 Å². The van der Waals surface area contributed by atoms with Crippen LogP contribution in [0.15, 0.2) is 47.0 Å². The summed E-state index contributed by atoms with van der Waals surface area (Å²) in [4.78, 5) is 16.1. The number of oxazole rings is 1. The summed E-state index contributed by atoms with van der Waals surface area (Å²) < 4.78 is 11.1. The van der Waals surface area contributed by atoms with E-state index < -0.39 is 0 Å². The van der Waals surface area contributed by atoms with Crippen LogP contribution in [0.25, 0.3) is 11.3 Å². The van der Waals surface area contributed by atoms with Crippen molar-refractivity contribution in [3.8, 4) is 11.3 Å². The molecule has 1 aliphatic carbocycles. The lowest BCUT2D eigenvalue weighted by Gasteiger charge is -2.17. The first-order valence-electron chi connectivity index (χ1n) is 8.53. The molecule has 126 valence electrons. The van der Waals surface area contributed by atoms with E-state index in [0.717, 1.165) is 30.6 Å². The number of ether oxygens (including phenoxy) is 1. The maximum atomic E-state index is 11.9. The molecular weight excluding hydrogens is 302 g/mol. The third-order valence-corrected chi connectivity index (χ3v) is 4.29. The molecule has 0 radical (unpaired) electrons. The number of carbonyl (C=O) groups is 1. The Morgan fingerprint density at radius 1 is 1.29 bits per heavy atom. The molecule has 3 rings (SSSR count). The molecule has 0 spiro atoms. The largest absolute Gasteiger partial charge is 0.465 e. The van der Waals surface area contributed by atoms with Crippen molar-refractivity contribution in [1.82, 2.24) is 4.98 Å². The van der Waals surface area contributed by atoms with Gasteiger partial charge in [0.25, 0.3) is 0 Å². The summed E-state index contributed by atoms with van der Waals surface area (Å²) >= 11 is 0. The van der Waals surface area contributed by atoms with Gasteiger partial charge in [-0.05, 0) is 32.1 Å². The minimum atomic E-state index is -0.181. The standard InChI is InChI=1S/C20H23NO3/c1-15-7-9-17(10-8-15)18-13-21-19(24-18)11-12-20(22)23-14-16-5-3-2-4-6-16/h2-3,7-10,13,16H,4-6,11-12,14H2,1H3. The number of aryl methyl sites for hydroxylation is 2. The second kappa shape index (κ2) is 7.95. The van der Waals surface area contributed by atoms with Gasteiger partial charge in [-0.1, -0.05) is 42.0 Å². The molecular formula is C20H23NO3. The van der Waals surface area contributed by atoms with E-state index in [2.05, 4.69) is 17.1 Å². The Hall–Kier alpha value is -2.36. The zero-order valence-corrected chi connectivity index (χ0v) is 14.0. The molecule has 1 atom stereocenters. The van der Waals surface area contributed by atoms with Crippen molar-refractivity contribution in [2.75, 3.05) is 6.61 Å². The van der Waals surface area contributed by atoms with Crippen LogP contribution < -0.4 is 0 Å². The van der Waals surface area contributed by atoms with Gasteiger partial charge in [-0.15, -0.1) is 0 Å². The van der Waals surface area contributed by atoms with Gasteiger partial charge in [0.05, 0.1) is 19.2 Å². The average Bonchev–Trinajstić information content (AvgIpc) is 3.09. The van der Waals surface area contributed by atoms with Gasteiger partial charge < -0.3 is 9.15 Å². The minimum Gasteiger partial charge on any atom is -0.465 e. The molecule has 24 heavy (non-hydrogen) atoms. The smallest absolute Gasteiger partial charge is 0.306 e. The number of aromatic nitrogens is 1. The second-order valence-electron chi connectivity index (χ2n) is 6.32. The Balaban J connectivity index is 1.45. The highest BCUT2D eigenvalue weighted by Gasteiger charge is 2.14. The van der Waals surface area contributed by atoms with Crippen molar-refractivity contribution in [2.45, 2.75) is 39.0 Å². The van der Waals surface area contributed by atoms with Gasteiger partial charge in [0.1, 0.15) is 0 Å². The molecule has 0 amide bonds. The van der Waals surface area contributed by atoms with Gasteiger partial charge in [-0.25, -0.2) is 4.98 Å². The van der Waals surface area contributed by atoms with E-state index in [1.807, 2.05) is 31.2 Å². The Labute approximate surface area is 142 Å². The molecule has 0 fully saturated rings. The number of rotatable bonds is 6. The highest BCUT2D eigenvalue weighted by Crippen LogP contribution is 2.22. The van der Waals surface area contributed by atoms with Crippen LogP contribution >= 0.6 is 0 Å². The number of benzene rings is 1. The fourth-order valence-electron chi connectivity index (χ4n) is 2.78. The number of carbonyl (C=O) groups excluding carboxylic acids is 1. The topological polar surface area (TPSA) is 52.3 Å². The third kappa shape index (κ3) is 4.57. The van der Waals surface area contributed by atoms with Crippen molar-refractivity contribution in [3.05, 3.63) is 54.1 Å². The van der Waals surface area contributed by atoms with Crippen LogP contribution in [0.4, 0.5) is 0 Å². The fourth-order valence-corrected chi connectivity index (χ4v) is 2.78. The quantitative estimate of drug-likeness (QED) is 0.580. The first-order valence-corrected chi connectivity index (χ1v) is 8.53. The fraction of sp³-hybridized carbons (Fsp3) is 0.400. The van der Waals surface area contributed by atoms with E-state index in [9.17, 15) is 4.79 Å². The van der Waals surface area contributed by atoms with Gasteiger partial charge in [0.15, 0.2) is 11.7 Å². The highest BCUT2D eigenvalue weighted by atomic mass is 16.5. The van der Waals surface area contributed by atoms with Gasteiger partial charge in [0.2, 0.25) is 0 Å². The molecule has 0 bridgehead atoms. The van der Waals surface area contributed by atoms with E-state index in [-0.39, 0.29) is 5.97 Å². The van der Waals surface area contributed by atoms with Crippen LogP contribution in [-0.2, 0) is 16.0 Å². The molecule has 2 aromatic rings. The summed E-state index contributed by atoms with van der Waals surface area (Å²) in [6.07, 6.45) is 10.0. The Bertz CT molecular complexity index is 700. The maximum absolute atomic E-state index is 11.9. The molecule has 1 aromatic carbocycles. The lowest BCUT2D eigenvalue weighted by molar-refractivity contribution is -0.145. The van der Waals surface area contributed by atoms with Crippen molar-refractivity contribution >= 4 is 5.97 Å². The number of hydrogen-bond donors (Lipinski definition) is 0. The van der Waals surface area contributed by atoms with E-state index in [1.54, 1.807) is 6.20 Å². The van der Waals surface area contributed by atoms with Gasteiger partial charge in [-0.2, -0.15) is 0 Å². The number of esters is 1. The summed E-state index contributed by atoms with van der Waals surface area (Å²) in [5.74, 6) is 1.59. The van der Waals surface area contributed by atoms with E-state index in [1.165, 1.54) is 5.56 Å². The summed E-state index contributed by atoms with van der Waals surface area (Å²) in [5.41, 5.74) is 2.20. The van der Waals surface area contributed by atoms with Crippen molar-refractivity contribution < 1.29 is 13.9 Å². The normalized spacial score (nSPS) is 17.0. The van der Waals surface area contributed by atoms with Gasteiger partial charge in [0, 0.05) is 12.0 Å². The first-order chi connectivity index (χ1) is 11.7. The number of hydrogen-bond acceptors (Lipinski definition) is 4. The summed E-state index contributed by atoms with van der Waals surface area (Å²) in [7, 11) is 0. The van der Waals surface area contributed by atoms with Crippen LogP contribution in [-0.4, -0.2) is 17.6 Å². The van der Waals surface area contributed by atoms with Crippen LogP contribution in [0.5, 0.6) is 0 Å². The second-order valence-corrected chi connectivity index (χ2v) is 6.32. The Kier molecular flexibility index (Phi) is 5.47. The summed E-state index contributed by atoms with van der Waals surface area (Å²) in [6, 6.07) is 8.09. The molecule has 1 aromatic heterocycles. The van der Waals surface area contributed by atoms with E-state index >= 15 is 0 Å². The summed E-state index contributed by atoms with van der Waals surface area (Å²) in [5, 5.41) is 0. The molecule has 0 saturated carbocycles. The van der Waals surface area contributed by atoms with Crippen molar-refractivity contribution in [2.24, 2.45) is 5.92 Å². The molecule has 4 nitrogen and oxygen atoms in total. The zero-order chi connectivity index (χ0) is 16.8. The predicted molar refractivity (Wildman–Crippen MR) is 92.4 cm³/mol. The average molecular weight is 325 g/mol. The van der Waals surface area contributed by atoms with Crippen molar-refractivity contribution in [3.63, 3.8) is 0 Å². The van der Waals surface area contributed by atoms with Gasteiger partial charge >= 0.3 is 5.97 Å².